The second-order valence-electron chi connectivity index (χ2n) is 8.45. The molecular formula is C28H23N5S. The molecule has 1 aliphatic rings. The van der Waals surface area contributed by atoms with Crippen LogP contribution < -0.4 is 5.32 Å². The zero-order valence-corrected chi connectivity index (χ0v) is 19.3. The van der Waals surface area contributed by atoms with Crippen molar-refractivity contribution in [1.29, 1.82) is 0 Å². The number of rotatable bonds is 5. The molecule has 1 saturated heterocycles. The second-order valence-corrected chi connectivity index (χ2v) is 8.84. The summed E-state index contributed by atoms with van der Waals surface area (Å²) in [5.41, 5.74) is 4.36. The van der Waals surface area contributed by atoms with E-state index in [9.17, 15) is 0 Å². The molecular weight excluding hydrogens is 438 g/mol. The summed E-state index contributed by atoms with van der Waals surface area (Å²) in [6.45, 7) is 0.663. The summed E-state index contributed by atoms with van der Waals surface area (Å²) in [5, 5.41) is 6.71. The van der Waals surface area contributed by atoms with Gasteiger partial charge in [-0.15, -0.1) is 0 Å². The fourth-order valence-electron chi connectivity index (χ4n) is 4.78. The highest BCUT2D eigenvalue weighted by molar-refractivity contribution is 7.80. The molecule has 0 bridgehead atoms. The molecule has 5 nitrogen and oxygen atoms in total. The lowest BCUT2D eigenvalue weighted by Crippen LogP contribution is -2.30. The molecule has 0 unspecified atom stereocenters. The Morgan fingerprint density at radius 2 is 1.74 bits per heavy atom. The molecule has 0 amide bonds. The Balaban J connectivity index is 1.46. The van der Waals surface area contributed by atoms with Gasteiger partial charge >= 0.3 is 0 Å². The van der Waals surface area contributed by atoms with Crippen molar-refractivity contribution in [3.8, 4) is 5.69 Å². The normalized spacial score (nSPS) is 17.8. The first-order valence-electron chi connectivity index (χ1n) is 11.3. The minimum absolute atomic E-state index is 0.0379. The van der Waals surface area contributed by atoms with Crippen molar-refractivity contribution in [2.24, 2.45) is 0 Å². The summed E-state index contributed by atoms with van der Waals surface area (Å²) >= 11 is 5.85. The van der Waals surface area contributed by atoms with Crippen LogP contribution in [0, 0.1) is 0 Å². The van der Waals surface area contributed by atoms with Crippen LogP contribution in [-0.4, -0.2) is 24.5 Å². The number of nitrogens with one attached hydrogen (secondary N) is 1. The van der Waals surface area contributed by atoms with Gasteiger partial charge in [0.1, 0.15) is 0 Å². The highest BCUT2D eigenvalue weighted by atomic mass is 32.1. The number of aromatic nitrogens is 3. The number of hydrogen-bond donors (Lipinski definition) is 1. The molecule has 2 atom stereocenters. The van der Waals surface area contributed by atoms with Gasteiger partial charge in [0.05, 0.1) is 17.8 Å². The van der Waals surface area contributed by atoms with Gasteiger partial charge in [-0.1, -0.05) is 42.5 Å². The number of fused-ring (bicyclic) bond motifs is 1. The summed E-state index contributed by atoms with van der Waals surface area (Å²) in [6, 6.07) is 29.3. The zero-order valence-electron chi connectivity index (χ0n) is 18.5. The van der Waals surface area contributed by atoms with E-state index in [2.05, 4.69) is 97.7 Å². The SMILES string of the molecule is S=C1N[C@H](c2ccccn2)[C@@H](c2cccn2-c2ccc3ccccc3c2)N1Cc1cccnc1. The van der Waals surface area contributed by atoms with Crippen LogP contribution in [0.15, 0.2) is 110 Å². The molecule has 0 radical (unpaired) electrons. The van der Waals surface area contributed by atoms with Gasteiger partial charge in [-0.05, 0) is 71.0 Å². The van der Waals surface area contributed by atoms with Crippen molar-refractivity contribution in [2.45, 2.75) is 18.6 Å². The molecule has 0 saturated carbocycles. The van der Waals surface area contributed by atoms with Crippen molar-refractivity contribution >= 4 is 28.1 Å². The smallest absolute Gasteiger partial charge is 0.170 e. The largest absolute Gasteiger partial charge is 0.352 e. The Kier molecular flexibility index (Phi) is 5.28. The second kappa shape index (κ2) is 8.72. The monoisotopic (exact) mass is 461 g/mol. The Morgan fingerprint density at radius 1 is 0.853 bits per heavy atom. The van der Waals surface area contributed by atoms with Gasteiger partial charge in [0.15, 0.2) is 5.11 Å². The lowest BCUT2D eigenvalue weighted by molar-refractivity contribution is 0.302. The molecule has 6 heteroatoms. The van der Waals surface area contributed by atoms with Crippen molar-refractivity contribution in [2.75, 3.05) is 0 Å². The standard InChI is InChI=1S/C28H23N5S/c34-28-31-26(24-10-3-4-15-30-24)27(33(28)19-20-7-5-14-29-18-20)25-11-6-16-32(25)23-13-12-21-8-1-2-9-22(21)17-23/h1-18,26-27H,19H2,(H,31,34)/t26-,27-/m1/s1. The molecule has 5 aromatic rings. The fourth-order valence-corrected chi connectivity index (χ4v) is 5.09. The van der Waals surface area contributed by atoms with Gasteiger partial charge in [-0.25, -0.2) is 0 Å². The van der Waals surface area contributed by atoms with Crippen LogP contribution in [0.3, 0.4) is 0 Å². The lowest BCUT2D eigenvalue weighted by atomic mass is 10.0. The summed E-state index contributed by atoms with van der Waals surface area (Å²) < 4.78 is 2.26. The number of nitrogens with zero attached hydrogens (tertiary/aromatic N) is 4. The van der Waals surface area contributed by atoms with Gasteiger partial charge in [-0.3, -0.25) is 9.97 Å². The molecule has 0 spiro atoms. The molecule has 2 aromatic carbocycles. The average Bonchev–Trinajstić information content (AvgIpc) is 3.49. The van der Waals surface area contributed by atoms with Crippen LogP contribution in [0.2, 0.25) is 0 Å². The van der Waals surface area contributed by atoms with E-state index in [0.717, 1.165) is 27.8 Å². The van der Waals surface area contributed by atoms with Gasteiger partial charge < -0.3 is 14.8 Å². The van der Waals surface area contributed by atoms with Crippen molar-refractivity contribution in [3.63, 3.8) is 0 Å². The first-order chi connectivity index (χ1) is 16.8. The molecule has 0 aliphatic carbocycles. The van der Waals surface area contributed by atoms with E-state index in [4.69, 9.17) is 12.2 Å². The van der Waals surface area contributed by atoms with Gasteiger partial charge in [-0.2, -0.15) is 0 Å². The minimum atomic E-state index is -0.0699. The first kappa shape index (κ1) is 20.6. The molecule has 1 N–H and O–H groups in total. The predicted octanol–water partition coefficient (Wildman–Crippen LogP) is 5.59. The zero-order chi connectivity index (χ0) is 22.9. The van der Waals surface area contributed by atoms with Crippen LogP contribution in [0.25, 0.3) is 16.5 Å². The number of pyridine rings is 2. The van der Waals surface area contributed by atoms with Crippen LogP contribution in [0.4, 0.5) is 0 Å². The number of thiocarbonyl (C=S) groups is 1. The summed E-state index contributed by atoms with van der Waals surface area (Å²) in [5.74, 6) is 0. The average molecular weight is 462 g/mol. The quantitative estimate of drug-likeness (QED) is 0.346. The van der Waals surface area contributed by atoms with Crippen LogP contribution in [0.5, 0.6) is 0 Å². The van der Waals surface area contributed by atoms with Crippen LogP contribution >= 0.6 is 12.2 Å². The highest BCUT2D eigenvalue weighted by Crippen LogP contribution is 2.40. The third kappa shape index (κ3) is 3.72. The van der Waals surface area contributed by atoms with E-state index >= 15 is 0 Å². The van der Waals surface area contributed by atoms with E-state index < -0.39 is 0 Å². The fraction of sp³-hybridized carbons (Fsp3) is 0.107. The topological polar surface area (TPSA) is 46.0 Å². The summed E-state index contributed by atoms with van der Waals surface area (Å²) in [6.07, 6.45) is 7.65. The Bertz CT molecular complexity index is 1450. The maximum absolute atomic E-state index is 5.85. The predicted molar refractivity (Wildman–Crippen MR) is 139 cm³/mol. The highest BCUT2D eigenvalue weighted by Gasteiger charge is 2.41. The molecule has 1 aliphatic heterocycles. The minimum Gasteiger partial charge on any atom is -0.352 e. The van der Waals surface area contributed by atoms with E-state index in [1.165, 1.54) is 10.8 Å². The maximum atomic E-state index is 5.85. The third-order valence-corrected chi connectivity index (χ3v) is 6.72. The Labute approximate surface area is 203 Å². The Morgan fingerprint density at radius 3 is 2.56 bits per heavy atom. The van der Waals surface area contributed by atoms with Crippen molar-refractivity contribution in [1.82, 2.24) is 24.8 Å². The first-order valence-corrected chi connectivity index (χ1v) is 11.7. The molecule has 4 heterocycles. The van der Waals surface area contributed by atoms with Gasteiger partial charge in [0.25, 0.3) is 0 Å². The van der Waals surface area contributed by atoms with Gasteiger partial charge in [0, 0.05) is 42.7 Å². The van der Waals surface area contributed by atoms with E-state index in [1.54, 1.807) is 6.20 Å². The van der Waals surface area contributed by atoms with Crippen LogP contribution in [0.1, 0.15) is 29.0 Å². The van der Waals surface area contributed by atoms with E-state index in [1.807, 2.05) is 30.6 Å². The maximum Gasteiger partial charge on any atom is 0.170 e. The van der Waals surface area contributed by atoms with Crippen molar-refractivity contribution in [3.05, 3.63) is 127 Å². The Hall–Kier alpha value is -4.03. The lowest BCUT2D eigenvalue weighted by Gasteiger charge is -2.29. The molecule has 6 rings (SSSR count). The van der Waals surface area contributed by atoms with E-state index in [0.29, 0.717) is 6.54 Å². The van der Waals surface area contributed by atoms with E-state index in [-0.39, 0.29) is 12.1 Å². The number of benzene rings is 2. The van der Waals surface area contributed by atoms with Crippen molar-refractivity contribution < 1.29 is 0 Å². The summed E-state index contributed by atoms with van der Waals surface area (Å²) in [7, 11) is 0. The molecule has 34 heavy (non-hydrogen) atoms. The molecule has 3 aromatic heterocycles. The number of hydrogen-bond acceptors (Lipinski definition) is 3. The molecule has 166 valence electrons. The third-order valence-electron chi connectivity index (χ3n) is 6.37. The van der Waals surface area contributed by atoms with Gasteiger partial charge in [0.2, 0.25) is 0 Å². The summed E-state index contributed by atoms with van der Waals surface area (Å²) in [4.78, 5) is 11.2. The van der Waals surface area contributed by atoms with Crippen LogP contribution in [-0.2, 0) is 6.54 Å². The molecule has 1 fully saturated rings.